The molecule has 0 saturated heterocycles. The lowest BCUT2D eigenvalue weighted by atomic mass is 9.95. The molecular weight excluding hydrogens is 512 g/mol. The lowest BCUT2D eigenvalue weighted by molar-refractivity contribution is -0.0980. The number of nitrogens with one attached hydrogen (secondary N) is 2. The minimum Gasteiger partial charge on any atom is -0.361 e. The van der Waals surface area contributed by atoms with Crippen LogP contribution in [0.1, 0.15) is 61.1 Å². The average molecular weight is 546 g/mol. The van der Waals surface area contributed by atoms with E-state index in [0.717, 1.165) is 45.7 Å². The van der Waals surface area contributed by atoms with E-state index in [-0.39, 0.29) is 17.6 Å². The molecule has 0 spiro atoms. The van der Waals surface area contributed by atoms with Gasteiger partial charge in [-0.05, 0) is 53.1 Å². The Bertz CT molecular complexity index is 1560. The SMILES string of the molecule is C=O.CCCc1cccc(C(C)c2cnc(-c3cc(Cc4c(F)cc5[nH]ccc5c4SCC)ccc3F)[nH]2)c1. The van der Waals surface area contributed by atoms with Gasteiger partial charge in [-0.1, -0.05) is 57.5 Å². The standard InChI is InChI=1S/C31H31F2N3S.CH2O/c1-4-7-20-8-6-9-22(14-20)19(3)29-18-35-31(36-29)25-16-21(10-11-26(25)32)15-24-27(33)17-28-23(12-13-34-28)30(24)37-5-2;1-2/h6,8-14,16-19,34H,4-5,7,15H2,1-3H3,(H,35,36);1H2. The highest BCUT2D eigenvalue weighted by Gasteiger charge is 2.18. The van der Waals surface area contributed by atoms with Gasteiger partial charge in [0.15, 0.2) is 0 Å². The second-order valence-corrected chi connectivity index (χ2v) is 10.7. The third-order valence-electron chi connectivity index (χ3n) is 6.86. The molecule has 0 aliphatic carbocycles. The Hall–Kier alpha value is -3.71. The zero-order chi connectivity index (χ0) is 27.9. The number of hydrogen-bond donors (Lipinski definition) is 2. The number of imidazole rings is 1. The van der Waals surface area contributed by atoms with Crippen LogP contribution in [0.5, 0.6) is 0 Å². The highest BCUT2D eigenvalue weighted by molar-refractivity contribution is 7.99. The van der Waals surface area contributed by atoms with E-state index in [0.29, 0.717) is 23.4 Å². The summed E-state index contributed by atoms with van der Waals surface area (Å²) in [5.74, 6) is 0.805. The van der Waals surface area contributed by atoms with Crippen molar-refractivity contribution in [2.75, 3.05) is 5.75 Å². The Balaban J connectivity index is 0.00000172. The summed E-state index contributed by atoms with van der Waals surface area (Å²) in [5.41, 5.74) is 6.10. The van der Waals surface area contributed by atoms with Gasteiger partial charge in [-0.2, -0.15) is 0 Å². The smallest absolute Gasteiger partial charge is 0.140 e. The molecule has 0 bridgehead atoms. The van der Waals surface area contributed by atoms with Crippen LogP contribution in [-0.2, 0) is 17.6 Å². The normalized spacial score (nSPS) is 11.8. The molecule has 0 radical (unpaired) electrons. The van der Waals surface area contributed by atoms with Crippen molar-refractivity contribution in [1.82, 2.24) is 15.0 Å². The van der Waals surface area contributed by atoms with Gasteiger partial charge < -0.3 is 14.8 Å². The van der Waals surface area contributed by atoms with Crippen molar-refractivity contribution in [2.24, 2.45) is 0 Å². The van der Waals surface area contributed by atoms with Gasteiger partial charge in [0.2, 0.25) is 0 Å². The lowest BCUT2D eigenvalue weighted by Crippen LogP contribution is -1.99. The molecule has 0 aliphatic rings. The number of aromatic amines is 2. The number of hydrogen-bond acceptors (Lipinski definition) is 3. The molecule has 7 heteroatoms. The second-order valence-electron chi connectivity index (χ2n) is 9.43. The summed E-state index contributed by atoms with van der Waals surface area (Å²) < 4.78 is 30.1. The van der Waals surface area contributed by atoms with Gasteiger partial charge in [-0.15, -0.1) is 11.8 Å². The number of thioether (sulfide) groups is 1. The van der Waals surface area contributed by atoms with E-state index in [1.165, 1.54) is 17.2 Å². The molecule has 3 aromatic carbocycles. The maximum absolute atomic E-state index is 15.2. The van der Waals surface area contributed by atoms with Crippen LogP contribution in [0, 0.1) is 11.6 Å². The van der Waals surface area contributed by atoms with Crippen LogP contribution in [-0.4, -0.2) is 27.5 Å². The van der Waals surface area contributed by atoms with Crippen molar-refractivity contribution in [1.29, 1.82) is 0 Å². The third-order valence-corrected chi connectivity index (χ3v) is 7.91. The lowest BCUT2D eigenvalue weighted by Gasteiger charge is -2.13. The number of aryl methyl sites for hydroxylation is 1. The van der Waals surface area contributed by atoms with Crippen LogP contribution in [0.3, 0.4) is 0 Å². The van der Waals surface area contributed by atoms with Crippen LogP contribution in [0.15, 0.2) is 71.9 Å². The highest BCUT2D eigenvalue weighted by Crippen LogP contribution is 2.35. The molecule has 0 amide bonds. The number of carbonyl (C=O) groups is 1. The predicted molar refractivity (Wildman–Crippen MR) is 157 cm³/mol. The molecule has 1 unspecified atom stereocenters. The van der Waals surface area contributed by atoms with E-state index in [2.05, 4.69) is 60.0 Å². The van der Waals surface area contributed by atoms with Crippen LogP contribution in [0.25, 0.3) is 22.3 Å². The Morgan fingerprint density at radius 3 is 2.59 bits per heavy atom. The first-order chi connectivity index (χ1) is 19.0. The molecule has 5 rings (SSSR count). The average Bonchev–Trinajstić information content (AvgIpc) is 3.63. The van der Waals surface area contributed by atoms with Crippen molar-refractivity contribution < 1.29 is 13.6 Å². The number of benzene rings is 3. The molecular formula is C32H33F2N3OS. The van der Waals surface area contributed by atoms with Crippen molar-refractivity contribution >= 4 is 29.5 Å². The summed E-state index contributed by atoms with van der Waals surface area (Å²) in [6, 6.07) is 17.1. The molecule has 2 N–H and O–H groups in total. The van der Waals surface area contributed by atoms with Gasteiger partial charge in [0.25, 0.3) is 0 Å². The van der Waals surface area contributed by atoms with Crippen LogP contribution in [0.2, 0.25) is 0 Å². The topological polar surface area (TPSA) is 61.5 Å². The molecule has 2 aromatic heterocycles. The Kier molecular flexibility index (Phi) is 9.36. The van der Waals surface area contributed by atoms with E-state index >= 15 is 4.39 Å². The molecule has 39 heavy (non-hydrogen) atoms. The molecule has 0 saturated carbocycles. The van der Waals surface area contributed by atoms with Crippen LogP contribution in [0.4, 0.5) is 8.78 Å². The second kappa shape index (κ2) is 12.9. The largest absolute Gasteiger partial charge is 0.361 e. The first-order valence-corrected chi connectivity index (χ1v) is 14.1. The summed E-state index contributed by atoms with van der Waals surface area (Å²) in [5, 5.41) is 1.01. The molecule has 4 nitrogen and oxygen atoms in total. The number of halogens is 2. The maximum Gasteiger partial charge on any atom is 0.140 e. The minimum absolute atomic E-state index is 0.0973. The number of aromatic nitrogens is 3. The fourth-order valence-electron chi connectivity index (χ4n) is 4.90. The van der Waals surface area contributed by atoms with E-state index < -0.39 is 0 Å². The van der Waals surface area contributed by atoms with Gasteiger partial charge in [0.1, 0.15) is 24.2 Å². The number of H-pyrrole nitrogens is 2. The van der Waals surface area contributed by atoms with E-state index in [4.69, 9.17) is 4.79 Å². The van der Waals surface area contributed by atoms with Crippen LogP contribution >= 0.6 is 11.8 Å². The predicted octanol–water partition coefficient (Wildman–Crippen LogP) is 8.46. The zero-order valence-corrected chi connectivity index (χ0v) is 23.3. The van der Waals surface area contributed by atoms with Crippen molar-refractivity contribution in [3.8, 4) is 11.4 Å². The minimum atomic E-state index is -0.355. The maximum atomic E-state index is 15.2. The molecule has 5 aromatic rings. The van der Waals surface area contributed by atoms with E-state index in [1.807, 2.05) is 19.1 Å². The Labute approximate surface area is 232 Å². The van der Waals surface area contributed by atoms with Crippen LogP contribution < -0.4 is 0 Å². The van der Waals surface area contributed by atoms with Gasteiger partial charge in [0.05, 0.1) is 5.56 Å². The Morgan fingerprint density at radius 1 is 1.00 bits per heavy atom. The van der Waals surface area contributed by atoms with E-state index in [9.17, 15) is 4.39 Å². The van der Waals surface area contributed by atoms with E-state index in [1.54, 1.807) is 36.2 Å². The molecule has 202 valence electrons. The quantitative estimate of drug-likeness (QED) is 0.183. The summed E-state index contributed by atoms with van der Waals surface area (Å²) in [6.07, 6.45) is 6.14. The van der Waals surface area contributed by atoms with Gasteiger partial charge in [-0.25, -0.2) is 13.8 Å². The first-order valence-electron chi connectivity index (χ1n) is 13.1. The van der Waals surface area contributed by atoms with Crippen molar-refractivity contribution in [3.05, 3.63) is 107 Å². The summed E-state index contributed by atoms with van der Waals surface area (Å²) >= 11 is 1.63. The Morgan fingerprint density at radius 2 is 1.82 bits per heavy atom. The summed E-state index contributed by atoms with van der Waals surface area (Å²) in [7, 11) is 0. The van der Waals surface area contributed by atoms with Gasteiger partial charge >= 0.3 is 0 Å². The number of nitrogens with zero attached hydrogens (tertiary/aromatic N) is 1. The fraction of sp³-hybridized carbons (Fsp3) is 0.250. The summed E-state index contributed by atoms with van der Waals surface area (Å²) in [4.78, 5) is 19.9. The molecule has 2 heterocycles. The molecule has 0 aliphatic heterocycles. The number of carbonyl (C=O) groups excluding carboxylic acids is 1. The summed E-state index contributed by atoms with van der Waals surface area (Å²) in [6.45, 7) is 8.36. The monoisotopic (exact) mass is 545 g/mol. The zero-order valence-electron chi connectivity index (χ0n) is 22.5. The van der Waals surface area contributed by atoms with Gasteiger partial charge in [-0.3, -0.25) is 0 Å². The first kappa shape index (κ1) is 28.3. The third kappa shape index (κ3) is 6.14. The van der Waals surface area contributed by atoms with Crippen molar-refractivity contribution in [3.63, 3.8) is 0 Å². The highest BCUT2D eigenvalue weighted by atomic mass is 32.2. The van der Waals surface area contributed by atoms with Gasteiger partial charge in [0, 0.05) is 51.8 Å². The molecule has 1 atom stereocenters. The number of fused-ring (bicyclic) bond motifs is 1. The number of rotatable bonds is 9. The molecule has 0 fully saturated rings. The van der Waals surface area contributed by atoms with Crippen molar-refractivity contribution in [2.45, 2.75) is 50.8 Å². The fourth-order valence-corrected chi connectivity index (χ4v) is 5.87.